The molecular weight excluding hydrogens is 272 g/mol. The first-order valence-corrected chi connectivity index (χ1v) is 7.18. The molecule has 1 aromatic rings. The molecule has 1 atom stereocenters. The van der Waals surface area contributed by atoms with Crippen LogP contribution in [0.5, 0.6) is 0 Å². The quantitative estimate of drug-likeness (QED) is 0.908. The summed E-state index contributed by atoms with van der Waals surface area (Å²) in [4.78, 5) is 26.8. The highest BCUT2D eigenvalue weighted by atomic mass is 16.4. The number of carbonyl (C=O) groups excluding carboxylic acids is 1. The van der Waals surface area contributed by atoms with Crippen LogP contribution in [0.4, 0.5) is 4.79 Å². The highest BCUT2D eigenvalue weighted by Gasteiger charge is 2.30. The Balaban J connectivity index is 2.00. The van der Waals surface area contributed by atoms with E-state index >= 15 is 0 Å². The fraction of sp³-hybridized carbons (Fsp3) is 0.643. The number of urea groups is 1. The van der Waals surface area contributed by atoms with Gasteiger partial charge in [0.25, 0.3) is 0 Å². The summed E-state index contributed by atoms with van der Waals surface area (Å²) in [5, 5.41) is 13.1. The van der Waals surface area contributed by atoms with Gasteiger partial charge in [0.2, 0.25) is 0 Å². The van der Waals surface area contributed by atoms with Crippen LogP contribution in [0.1, 0.15) is 31.2 Å². The maximum absolute atomic E-state index is 12.5. The molecule has 0 saturated carbocycles. The predicted octanol–water partition coefficient (Wildman–Crippen LogP) is 1.30. The van der Waals surface area contributed by atoms with E-state index in [1.807, 2.05) is 13.2 Å². The van der Waals surface area contributed by atoms with Crippen LogP contribution in [0.15, 0.2) is 12.4 Å². The van der Waals surface area contributed by atoms with Crippen LogP contribution < -0.4 is 0 Å². The van der Waals surface area contributed by atoms with Gasteiger partial charge in [0.1, 0.15) is 0 Å². The van der Waals surface area contributed by atoms with Crippen molar-refractivity contribution in [3.05, 3.63) is 18.0 Å². The van der Waals surface area contributed by atoms with Crippen LogP contribution in [-0.2, 0) is 18.4 Å². The SMILES string of the molecule is CN(Cc1cnn(C)c1)C(=O)N1CCCCC1CC(=O)O. The van der Waals surface area contributed by atoms with Crippen molar-refractivity contribution in [1.82, 2.24) is 19.6 Å². The Hall–Kier alpha value is -2.05. The number of aryl methyl sites for hydroxylation is 1. The lowest BCUT2D eigenvalue weighted by Crippen LogP contribution is -2.49. The minimum absolute atomic E-state index is 0.0203. The van der Waals surface area contributed by atoms with Gasteiger partial charge in [-0.2, -0.15) is 5.10 Å². The van der Waals surface area contributed by atoms with Gasteiger partial charge in [0.05, 0.1) is 19.2 Å². The molecule has 7 heteroatoms. The molecule has 1 unspecified atom stereocenters. The molecule has 2 heterocycles. The van der Waals surface area contributed by atoms with Gasteiger partial charge in [-0.05, 0) is 19.3 Å². The molecule has 0 aliphatic carbocycles. The van der Waals surface area contributed by atoms with Gasteiger partial charge in [-0.3, -0.25) is 9.48 Å². The molecule has 7 nitrogen and oxygen atoms in total. The van der Waals surface area contributed by atoms with E-state index in [0.29, 0.717) is 13.1 Å². The summed E-state index contributed by atoms with van der Waals surface area (Å²) in [6, 6.07) is -0.301. The first-order chi connectivity index (χ1) is 9.97. The highest BCUT2D eigenvalue weighted by Crippen LogP contribution is 2.21. The van der Waals surface area contributed by atoms with Gasteiger partial charge in [0, 0.05) is 38.4 Å². The Labute approximate surface area is 124 Å². The van der Waals surface area contributed by atoms with Crippen LogP contribution in [0.25, 0.3) is 0 Å². The van der Waals surface area contributed by atoms with Gasteiger partial charge in [-0.1, -0.05) is 0 Å². The number of nitrogens with zero attached hydrogens (tertiary/aromatic N) is 4. The normalized spacial score (nSPS) is 18.6. The lowest BCUT2D eigenvalue weighted by atomic mass is 10.00. The molecule has 1 aromatic heterocycles. The van der Waals surface area contributed by atoms with Gasteiger partial charge in [0.15, 0.2) is 0 Å². The van der Waals surface area contributed by atoms with E-state index in [2.05, 4.69) is 5.10 Å². The van der Waals surface area contributed by atoms with Gasteiger partial charge in [-0.25, -0.2) is 4.79 Å². The Morgan fingerprint density at radius 1 is 1.48 bits per heavy atom. The number of rotatable bonds is 4. The summed E-state index contributed by atoms with van der Waals surface area (Å²) in [5.41, 5.74) is 0.958. The van der Waals surface area contributed by atoms with Crippen molar-refractivity contribution in [3.63, 3.8) is 0 Å². The van der Waals surface area contributed by atoms with E-state index in [1.165, 1.54) is 0 Å². The number of piperidine rings is 1. The van der Waals surface area contributed by atoms with E-state index < -0.39 is 5.97 Å². The lowest BCUT2D eigenvalue weighted by molar-refractivity contribution is -0.138. The largest absolute Gasteiger partial charge is 0.481 e. The second-order valence-electron chi connectivity index (χ2n) is 5.60. The Morgan fingerprint density at radius 3 is 2.86 bits per heavy atom. The fourth-order valence-electron chi connectivity index (χ4n) is 2.78. The zero-order valence-electron chi connectivity index (χ0n) is 12.5. The summed E-state index contributed by atoms with van der Waals surface area (Å²) < 4.78 is 1.70. The number of aromatic nitrogens is 2. The van der Waals surface area contributed by atoms with Crippen LogP contribution in [0, 0.1) is 0 Å². The van der Waals surface area contributed by atoms with Crippen molar-refractivity contribution in [2.45, 2.75) is 38.3 Å². The second kappa shape index (κ2) is 6.60. The highest BCUT2D eigenvalue weighted by molar-refractivity contribution is 5.76. The van der Waals surface area contributed by atoms with Crippen LogP contribution in [-0.4, -0.2) is 56.3 Å². The van der Waals surface area contributed by atoms with Crippen molar-refractivity contribution in [2.75, 3.05) is 13.6 Å². The Morgan fingerprint density at radius 2 is 2.24 bits per heavy atom. The molecule has 0 bridgehead atoms. The standard InChI is InChI=1S/C14H22N4O3/c1-16(9-11-8-15-17(2)10-11)14(21)18-6-4-3-5-12(18)7-13(19)20/h8,10,12H,3-7,9H2,1-2H3,(H,19,20). The summed E-state index contributed by atoms with van der Waals surface area (Å²) in [7, 11) is 3.57. The number of aliphatic carboxylic acids is 1. The van der Waals surface area contributed by atoms with E-state index in [0.717, 1.165) is 24.8 Å². The molecule has 0 spiro atoms. The number of hydrogen-bond acceptors (Lipinski definition) is 3. The Bertz CT molecular complexity index is 514. The number of carbonyl (C=O) groups is 2. The molecule has 2 amide bonds. The summed E-state index contributed by atoms with van der Waals surface area (Å²) in [5.74, 6) is -0.852. The van der Waals surface area contributed by atoms with Crippen LogP contribution >= 0.6 is 0 Å². The molecule has 21 heavy (non-hydrogen) atoms. The molecule has 116 valence electrons. The van der Waals surface area contributed by atoms with E-state index in [4.69, 9.17) is 5.11 Å². The van der Waals surface area contributed by atoms with Crippen LogP contribution in [0.2, 0.25) is 0 Å². The molecular formula is C14H22N4O3. The van der Waals surface area contributed by atoms with Crippen molar-refractivity contribution >= 4 is 12.0 Å². The van der Waals surface area contributed by atoms with Gasteiger partial charge in [-0.15, -0.1) is 0 Å². The first-order valence-electron chi connectivity index (χ1n) is 7.18. The van der Waals surface area contributed by atoms with E-state index in [1.54, 1.807) is 27.7 Å². The minimum atomic E-state index is -0.852. The monoisotopic (exact) mass is 294 g/mol. The second-order valence-corrected chi connectivity index (χ2v) is 5.60. The molecule has 1 aliphatic rings. The lowest BCUT2D eigenvalue weighted by Gasteiger charge is -2.37. The van der Waals surface area contributed by atoms with Crippen molar-refractivity contribution in [2.24, 2.45) is 7.05 Å². The van der Waals surface area contributed by atoms with Crippen molar-refractivity contribution in [3.8, 4) is 0 Å². The number of amides is 2. The molecule has 1 fully saturated rings. The van der Waals surface area contributed by atoms with Gasteiger partial charge >= 0.3 is 12.0 Å². The smallest absolute Gasteiger partial charge is 0.320 e. The third-order valence-electron chi connectivity index (χ3n) is 3.79. The molecule has 1 aliphatic heterocycles. The first kappa shape index (κ1) is 15.3. The summed E-state index contributed by atoms with van der Waals surface area (Å²) >= 11 is 0. The maximum atomic E-state index is 12.5. The number of carboxylic acid groups (broad SMARTS) is 1. The predicted molar refractivity (Wildman–Crippen MR) is 76.7 cm³/mol. The maximum Gasteiger partial charge on any atom is 0.320 e. The van der Waals surface area contributed by atoms with Crippen LogP contribution in [0.3, 0.4) is 0 Å². The third-order valence-corrected chi connectivity index (χ3v) is 3.79. The topological polar surface area (TPSA) is 78.7 Å². The molecule has 0 radical (unpaired) electrons. The molecule has 2 rings (SSSR count). The summed E-state index contributed by atoms with van der Waals surface area (Å²) in [6.45, 7) is 1.11. The van der Waals surface area contributed by atoms with Gasteiger partial charge < -0.3 is 14.9 Å². The number of likely N-dealkylation sites (tertiary alicyclic amines) is 1. The zero-order chi connectivity index (χ0) is 15.4. The number of carboxylic acids is 1. The molecule has 1 saturated heterocycles. The average molecular weight is 294 g/mol. The average Bonchev–Trinajstić information content (AvgIpc) is 2.83. The van der Waals surface area contributed by atoms with E-state index in [9.17, 15) is 9.59 Å². The fourth-order valence-corrected chi connectivity index (χ4v) is 2.78. The van der Waals surface area contributed by atoms with Crippen molar-refractivity contribution in [1.29, 1.82) is 0 Å². The number of hydrogen-bond donors (Lipinski definition) is 1. The molecule has 1 N–H and O–H groups in total. The van der Waals surface area contributed by atoms with Crippen molar-refractivity contribution < 1.29 is 14.7 Å². The third kappa shape index (κ3) is 3.96. The minimum Gasteiger partial charge on any atom is -0.481 e. The van der Waals surface area contributed by atoms with E-state index in [-0.39, 0.29) is 18.5 Å². The zero-order valence-corrected chi connectivity index (χ0v) is 12.5. The Kier molecular flexibility index (Phi) is 4.82. The molecule has 0 aromatic carbocycles. The summed E-state index contributed by atoms with van der Waals surface area (Å²) in [6.07, 6.45) is 6.30.